The summed E-state index contributed by atoms with van der Waals surface area (Å²) in [5.41, 5.74) is 4.39. The molecular formula is C24H26N4OS. The van der Waals surface area contributed by atoms with Crippen molar-refractivity contribution in [2.75, 3.05) is 11.9 Å². The molecule has 5 nitrogen and oxygen atoms in total. The summed E-state index contributed by atoms with van der Waals surface area (Å²) in [5, 5.41) is 4.71. The zero-order valence-corrected chi connectivity index (χ0v) is 17.8. The molecule has 0 saturated heterocycles. The monoisotopic (exact) mass is 418 g/mol. The van der Waals surface area contributed by atoms with Gasteiger partial charge in [-0.3, -0.25) is 0 Å². The van der Waals surface area contributed by atoms with Crippen molar-refractivity contribution in [2.45, 2.75) is 44.6 Å². The molecule has 1 saturated carbocycles. The predicted molar refractivity (Wildman–Crippen MR) is 124 cm³/mol. The maximum absolute atomic E-state index is 5.61. The van der Waals surface area contributed by atoms with Crippen LogP contribution < -0.4 is 10.1 Å². The maximum Gasteiger partial charge on any atom is 0.184 e. The lowest BCUT2D eigenvalue weighted by Crippen LogP contribution is -2.21. The average Bonchev–Trinajstić information content (AvgIpc) is 3.36. The van der Waals surface area contributed by atoms with Crippen LogP contribution in [0.1, 0.15) is 43.4 Å². The van der Waals surface area contributed by atoms with Crippen LogP contribution in [0.15, 0.2) is 55.4 Å². The highest BCUT2D eigenvalue weighted by molar-refractivity contribution is 7.22. The summed E-state index contributed by atoms with van der Waals surface area (Å²) < 4.78 is 8.97. The van der Waals surface area contributed by atoms with Crippen LogP contribution in [0, 0.1) is 0 Å². The topological polar surface area (TPSA) is 51.5 Å². The number of aromatic nitrogens is 3. The van der Waals surface area contributed by atoms with Crippen LogP contribution in [0.3, 0.4) is 0 Å². The lowest BCUT2D eigenvalue weighted by molar-refractivity contribution is 0.363. The average molecular weight is 419 g/mol. The molecule has 3 aromatic heterocycles. The van der Waals surface area contributed by atoms with Crippen molar-refractivity contribution in [1.82, 2.24) is 14.4 Å². The van der Waals surface area contributed by atoms with Gasteiger partial charge in [0.2, 0.25) is 0 Å². The summed E-state index contributed by atoms with van der Waals surface area (Å²) in [6.45, 7) is 4.18. The number of thiazole rings is 1. The number of rotatable bonds is 7. The van der Waals surface area contributed by atoms with Crippen molar-refractivity contribution < 1.29 is 4.74 Å². The first-order chi connectivity index (χ1) is 14.8. The number of nitrogens with zero attached hydrogens (tertiary/aromatic N) is 3. The van der Waals surface area contributed by atoms with Crippen LogP contribution >= 0.6 is 11.3 Å². The van der Waals surface area contributed by atoms with Crippen molar-refractivity contribution in [3.8, 4) is 5.75 Å². The number of imidazole rings is 1. The van der Waals surface area contributed by atoms with E-state index in [0.29, 0.717) is 12.6 Å². The van der Waals surface area contributed by atoms with Crippen molar-refractivity contribution in [3.63, 3.8) is 0 Å². The lowest BCUT2D eigenvalue weighted by Gasteiger charge is -2.22. The molecule has 1 aliphatic carbocycles. The van der Waals surface area contributed by atoms with E-state index in [2.05, 4.69) is 39.5 Å². The minimum Gasteiger partial charge on any atom is -0.489 e. The molecule has 0 spiro atoms. The first-order valence-corrected chi connectivity index (χ1v) is 11.5. The van der Waals surface area contributed by atoms with Crippen molar-refractivity contribution in [2.24, 2.45) is 0 Å². The third kappa shape index (κ3) is 4.05. The third-order valence-electron chi connectivity index (χ3n) is 5.70. The predicted octanol–water partition coefficient (Wildman–Crippen LogP) is 5.84. The second-order valence-corrected chi connectivity index (χ2v) is 8.95. The molecular weight excluding hydrogens is 392 g/mol. The van der Waals surface area contributed by atoms with Crippen LogP contribution in [-0.2, 0) is 6.42 Å². The zero-order valence-electron chi connectivity index (χ0n) is 17.0. The molecule has 30 heavy (non-hydrogen) atoms. The van der Waals surface area contributed by atoms with Gasteiger partial charge in [0.1, 0.15) is 18.0 Å². The van der Waals surface area contributed by atoms with Gasteiger partial charge in [0, 0.05) is 36.6 Å². The zero-order chi connectivity index (χ0) is 20.3. The molecule has 1 aromatic carbocycles. The van der Waals surface area contributed by atoms with E-state index in [9.17, 15) is 0 Å². The van der Waals surface area contributed by atoms with Crippen molar-refractivity contribution in [3.05, 3.63) is 66.6 Å². The van der Waals surface area contributed by atoms with E-state index in [1.807, 2.05) is 24.5 Å². The maximum atomic E-state index is 5.61. The van der Waals surface area contributed by atoms with Crippen molar-refractivity contribution in [1.29, 1.82) is 0 Å². The van der Waals surface area contributed by atoms with Crippen LogP contribution in [0.4, 0.5) is 5.13 Å². The molecule has 5 rings (SSSR count). The molecule has 1 fully saturated rings. The summed E-state index contributed by atoms with van der Waals surface area (Å²) in [5.74, 6) is 0.809. The van der Waals surface area contributed by atoms with E-state index in [1.165, 1.54) is 42.4 Å². The Hall–Kier alpha value is -2.86. The normalized spacial score (nSPS) is 14.9. The number of ether oxygens (including phenoxy) is 1. The molecule has 1 N–H and O–H groups in total. The van der Waals surface area contributed by atoms with Crippen molar-refractivity contribution >= 4 is 32.3 Å². The van der Waals surface area contributed by atoms with E-state index in [0.717, 1.165) is 34.2 Å². The van der Waals surface area contributed by atoms with E-state index in [1.54, 1.807) is 17.4 Å². The van der Waals surface area contributed by atoms with E-state index in [4.69, 9.17) is 9.72 Å². The highest BCUT2D eigenvalue weighted by atomic mass is 32.1. The number of benzene rings is 1. The van der Waals surface area contributed by atoms with Crippen LogP contribution in [0.5, 0.6) is 5.75 Å². The quantitative estimate of drug-likeness (QED) is 0.383. The molecule has 0 bridgehead atoms. The van der Waals surface area contributed by atoms with Gasteiger partial charge in [0.05, 0.1) is 10.2 Å². The number of hydrogen-bond acceptors (Lipinski definition) is 5. The van der Waals surface area contributed by atoms with Gasteiger partial charge in [0.25, 0.3) is 0 Å². The smallest absolute Gasteiger partial charge is 0.184 e. The summed E-state index contributed by atoms with van der Waals surface area (Å²) >= 11 is 1.76. The van der Waals surface area contributed by atoms with Gasteiger partial charge < -0.3 is 14.5 Å². The van der Waals surface area contributed by atoms with E-state index >= 15 is 0 Å². The Bertz CT molecular complexity index is 1170. The van der Waals surface area contributed by atoms with Gasteiger partial charge in [-0.2, -0.15) is 0 Å². The van der Waals surface area contributed by atoms with Crippen LogP contribution in [0.2, 0.25) is 0 Å². The highest BCUT2D eigenvalue weighted by Crippen LogP contribution is 2.30. The van der Waals surface area contributed by atoms with Gasteiger partial charge in [-0.25, -0.2) is 9.97 Å². The first kappa shape index (κ1) is 19.1. The number of pyridine rings is 1. The van der Waals surface area contributed by atoms with Crippen LogP contribution in [-0.4, -0.2) is 27.0 Å². The lowest BCUT2D eigenvalue weighted by atomic mass is 9.96. The Morgan fingerprint density at radius 3 is 2.97 bits per heavy atom. The standard InChI is InChI=1S/C24H26N4OS/c1-2-12-29-20-10-11-28-19(16-25-23(28)15-20)13-17-8-9-21-22(14-17)30-24(27-21)26-18-6-4-3-5-7-18/h2,8-11,14-16,18H,1,3-7,12-13H2,(H,26,27). The molecule has 0 unspecified atom stereocenters. The summed E-state index contributed by atoms with van der Waals surface area (Å²) in [7, 11) is 0. The Labute approximate surface area is 180 Å². The third-order valence-corrected chi connectivity index (χ3v) is 6.65. The molecule has 0 radical (unpaired) electrons. The Morgan fingerprint density at radius 1 is 1.20 bits per heavy atom. The molecule has 4 aromatic rings. The summed E-state index contributed by atoms with van der Waals surface area (Å²) in [4.78, 5) is 9.35. The van der Waals surface area contributed by atoms with Crippen LogP contribution in [0.25, 0.3) is 15.9 Å². The molecule has 0 amide bonds. The van der Waals surface area contributed by atoms with E-state index < -0.39 is 0 Å². The van der Waals surface area contributed by atoms with Gasteiger partial charge in [0.15, 0.2) is 5.13 Å². The molecule has 1 aliphatic rings. The van der Waals surface area contributed by atoms with Gasteiger partial charge in [-0.05, 0) is 36.6 Å². The highest BCUT2D eigenvalue weighted by Gasteiger charge is 2.15. The fourth-order valence-electron chi connectivity index (χ4n) is 4.16. The number of anilines is 1. The van der Waals surface area contributed by atoms with Gasteiger partial charge >= 0.3 is 0 Å². The summed E-state index contributed by atoms with van der Waals surface area (Å²) in [6, 6.07) is 11.1. The molecule has 0 aliphatic heterocycles. The summed E-state index contributed by atoms with van der Waals surface area (Å²) in [6.07, 6.45) is 13.1. The second kappa shape index (κ2) is 8.48. The largest absolute Gasteiger partial charge is 0.489 e. The SMILES string of the molecule is C=CCOc1ccn2c(Cc3ccc4nc(NC5CCCCC5)sc4c3)cnc2c1. The van der Waals surface area contributed by atoms with Gasteiger partial charge in [-0.15, -0.1) is 0 Å². The minimum absolute atomic E-state index is 0.496. The number of fused-ring (bicyclic) bond motifs is 2. The van der Waals surface area contributed by atoms with Gasteiger partial charge in [-0.1, -0.05) is 49.3 Å². The Kier molecular flexibility index (Phi) is 5.41. The molecule has 3 heterocycles. The molecule has 154 valence electrons. The Balaban J connectivity index is 1.34. The minimum atomic E-state index is 0.496. The number of hydrogen-bond donors (Lipinski definition) is 1. The first-order valence-electron chi connectivity index (χ1n) is 10.6. The fraction of sp³-hybridized carbons (Fsp3) is 0.333. The fourth-order valence-corrected chi connectivity index (χ4v) is 5.17. The second-order valence-electron chi connectivity index (χ2n) is 7.92. The molecule has 0 atom stereocenters. The molecule has 6 heteroatoms. The number of nitrogens with one attached hydrogen (secondary N) is 1. The Morgan fingerprint density at radius 2 is 2.10 bits per heavy atom. The van der Waals surface area contributed by atoms with E-state index in [-0.39, 0.29) is 0 Å².